The molecule has 0 aromatic heterocycles. The van der Waals surface area contributed by atoms with Crippen molar-refractivity contribution >= 4 is 11.6 Å². The third-order valence-corrected chi connectivity index (χ3v) is 8.84. The van der Waals surface area contributed by atoms with Gasteiger partial charge < -0.3 is 39.9 Å². The molecule has 47 heavy (non-hydrogen) atoms. The minimum absolute atomic E-state index is 0.143. The van der Waals surface area contributed by atoms with Gasteiger partial charge in [0.05, 0.1) is 24.7 Å². The number of nitrogens with zero attached hydrogens (tertiary/aromatic N) is 1. The molecule has 2 fully saturated rings. The van der Waals surface area contributed by atoms with Crippen molar-refractivity contribution < 1.29 is 48.6 Å². The van der Waals surface area contributed by atoms with E-state index in [4.69, 9.17) is 9.47 Å². The molecule has 0 bridgehead atoms. The van der Waals surface area contributed by atoms with Gasteiger partial charge in [-0.1, -0.05) is 48.5 Å². The van der Waals surface area contributed by atoms with Gasteiger partial charge in [-0.15, -0.1) is 0 Å². The van der Waals surface area contributed by atoms with Gasteiger partial charge in [-0.3, -0.25) is 4.79 Å². The maximum absolute atomic E-state index is 13.7. The van der Waals surface area contributed by atoms with E-state index in [1.807, 2.05) is 30.3 Å². The first kappa shape index (κ1) is 32.7. The molecule has 2 aliphatic heterocycles. The second-order valence-electron chi connectivity index (χ2n) is 11.8. The summed E-state index contributed by atoms with van der Waals surface area (Å²) >= 11 is 0. The normalized spacial score (nSPS) is 26.5. The van der Waals surface area contributed by atoms with Crippen LogP contribution in [-0.2, 0) is 9.53 Å². The Hall–Kier alpha value is -4.23. The first-order valence-corrected chi connectivity index (χ1v) is 15.3. The summed E-state index contributed by atoms with van der Waals surface area (Å²) in [5, 5.41) is 50.7. The molecule has 0 aliphatic carbocycles. The molecule has 6 rings (SSSR count). The summed E-state index contributed by atoms with van der Waals surface area (Å²) in [7, 11) is 0. The lowest BCUT2D eigenvalue weighted by molar-refractivity contribution is -0.277. The first-order valence-electron chi connectivity index (χ1n) is 15.3. The van der Waals surface area contributed by atoms with E-state index in [1.165, 1.54) is 36.4 Å². The molecule has 5 N–H and O–H groups in total. The molecule has 2 aliphatic rings. The van der Waals surface area contributed by atoms with E-state index >= 15 is 0 Å². The van der Waals surface area contributed by atoms with Crippen LogP contribution < -0.4 is 9.64 Å². The topological polar surface area (TPSA) is 140 Å². The van der Waals surface area contributed by atoms with E-state index in [9.17, 15) is 39.1 Å². The fraction of sp³-hybridized carbons (Fsp3) is 0.306. The number of hydrogen-bond donors (Lipinski definition) is 5. The van der Waals surface area contributed by atoms with Crippen LogP contribution in [0.2, 0.25) is 0 Å². The molecule has 246 valence electrons. The average molecular weight is 648 g/mol. The summed E-state index contributed by atoms with van der Waals surface area (Å²) in [5.74, 6) is -1.09. The van der Waals surface area contributed by atoms with Gasteiger partial charge in [-0.2, -0.15) is 0 Å². The lowest BCUT2D eigenvalue weighted by Crippen LogP contribution is -2.60. The quantitative estimate of drug-likeness (QED) is 0.163. The monoisotopic (exact) mass is 647 g/mol. The number of benzene rings is 4. The Morgan fingerprint density at radius 2 is 1.47 bits per heavy atom. The Labute approximate surface area is 269 Å². The molecule has 4 aromatic carbocycles. The standard InChI is InChI=1S/C36H35F2NO8/c37-24-10-8-21(9-11-24)29(41)17-16-28-31(39(35(28)45)26-14-12-25(38)13-15-26)22-6-4-20(5-7-22)23-2-1-3-27(18-23)46-36-34(44)33(43)32(42)30(19-40)47-36/h1-15,18,28-34,36,40-44H,16-17,19H2/t28?,29-,30+,31?,32+,33-,34+,36-/m0/s1. The molecule has 4 aromatic rings. The molecule has 2 saturated heterocycles. The molecule has 0 radical (unpaired) electrons. The molecule has 8 atom stereocenters. The lowest BCUT2D eigenvalue weighted by atomic mass is 9.78. The number of β-lactam (4-membered cyclic amide) rings is 1. The van der Waals surface area contributed by atoms with Gasteiger partial charge in [0.15, 0.2) is 0 Å². The van der Waals surface area contributed by atoms with Gasteiger partial charge >= 0.3 is 0 Å². The van der Waals surface area contributed by atoms with Crippen LogP contribution in [0.15, 0.2) is 97.1 Å². The third kappa shape index (κ3) is 6.77. The highest BCUT2D eigenvalue weighted by atomic mass is 19.1. The van der Waals surface area contributed by atoms with Gasteiger partial charge in [-0.25, -0.2) is 8.78 Å². The largest absolute Gasteiger partial charge is 0.462 e. The zero-order chi connectivity index (χ0) is 33.2. The second kappa shape index (κ2) is 13.9. The van der Waals surface area contributed by atoms with Crippen LogP contribution in [0, 0.1) is 17.6 Å². The Kier molecular flexibility index (Phi) is 9.65. The average Bonchev–Trinajstić information content (AvgIpc) is 3.08. The maximum atomic E-state index is 13.7. The molecule has 2 heterocycles. The minimum atomic E-state index is -1.57. The highest BCUT2D eigenvalue weighted by Gasteiger charge is 2.48. The number of anilines is 1. The van der Waals surface area contributed by atoms with Crippen molar-refractivity contribution in [3.63, 3.8) is 0 Å². The van der Waals surface area contributed by atoms with Crippen molar-refractivity contribution in [2.24, 2.45) is 5.92 Å². The number of rotatable bonds is 10. The van der Waals surface area contributed by atoms with Crippen molar-refractivity contribution in [2.45, 2.75) is 55.7 Å². The Bertz CT molecular complexity index is 1670. The van der Waals surface area contributed by atoms with E-state index in [1.54, 1.807) is 35.2 Å². The number of ether oxygens (including phenoxy) is 2. The highest BCUT2D eigenvalue weighted by Crippen LogP contribution is 2.46. The van der Waals surface area contributed by atoms with E-state index in [0.717, 1.165) is 16.7 Å². The van der Waals surface area contributed by atoms with Crippen molar-refractivity contribution in [3.05, 3.63) is 120 Å². The molecule has 0 saturated carbocycles. The summed E-state index contributed by atoms with van der Waals surface area (Å²) in [6, 6.07) is 25.5. The number of amides is 1. The predicted octanol–water partition coefficient (Wildman–Crippen LogP) is 4.03. The summed E-state index contributed by atoms with van der Waals surface area (Å²) in [5.41, 5.74) is 3.53. The van der Waals surface area contributed by atoms with Crippen LogP contribution in [0.3, 0.4) is 0 Å². The number of hydrogen-bond acceptors (Lipinski definition) is 8. The summed E-state index contributed by atoms with van der Waals surface area (Å²) in [6.45, 7) is -0.571. The Morgan fingerprint density at radius 3 is 2.13 bits per heavy atom. The minimum Gasteiger partial charge on any atom is -0.462 e. The SMILES string of the molecule is O=C1C(CC[C@H](O)c2ccc(F)cc2)C(c2ccc(-c3cccc(O[C@H]4O[C@H](CO)[C@@H](O)[C@H](O)[C@H]4O)c3)cc2)N1c1ccc(F)cc1. The zero-order valence-electron chi connectivity index (χ0n) is 25.1. The van der Waals surface area contributed by atoms with Gasteiger partial charge in [0, 0.05) is 5.69 Å². The van der Waals surface area contributed by atoms with E-state index in [0.29, 0.717) is 23.4 Å². The van der Waals surface area contributed by atoms with Crippen molar-refractivity contribution in [2.75, 3.05) is 11.5 Å². The Balaban J connectivity index is 1.20. The summed E-state index contributed by atoms with van der Waals surface area (Å²) < 4.78 is 38.3. The Morgan fingerprint density at radius 1 is 0.809 bits per heavy atom. The number of carbonyl (C=O) groups is 1. The predicted molar refractivity (Wildman–Crippen MR) is 167 cm³/mol. The highest BCUT2D eigenvalue weighted by molar-refractivity contribution is 6.03. The smallest absolute Gasteiger partial charge is 0.233 e. The van der Waals surface area contributed by atoms with Gasteiger partial charge in [0.25, 0.3) is 0 Å². The fourth-order valence-electron chi connectivity index (χ4n) is 6.21. The number of halogens is 2. The third-order valence-electron chi connectivity index (χ3n) is 8.84. The van der Waals surface area contributed by atoms with Gasteiger partial charge in [0.2, 0.25) is 12.2 Å². The van der Waals surface area contributed by atoms with Crippen LogP contribution in [0.1, 0.15) is 36.1 Å². The summed E-state index contributed by atoms with van der Waals surface area (Å²) in [4.78, 5) is 15.1. The molecule has 2 unspecified atom stereocenters. The zero-order valence-corrected chi connectivity index (χ0v) is 25.1. The molecule has 0 spiro atoms. The summed E-state index contributed by atoms with van der Waals surface area (Å²) in [6.07, 6.45) is -7.24. The number of aliphatic hydroxyl groups is 5. The molecule has 1 amide bonds. The van der Waals surface area contributed by atoms with Crippen LogP contribution in [0.25, 0.3) is 11.1 Å². The van der Waals surface area contributed by atoms with Crippen LogP contribution in [0.5, 0.6) is 5.75 Å². The van der Waals surface area contributed by atoms with E-state index in [-0.39, 0.29) is 18.4 Å². The van der Waals surface area contributed by atoms with Crippen LogP contribution in [-0.4, -0.2) is 68.8 Å². The number of carbonyl (C=O) groups excluding carboxylic acids is 1. The maximum Gasteiger partial charge on any atom is 0.233 e. The van der Waals surface area contributed by atoms with Gasteiger partial charge in [0.1, 0.15) is 41.8 Å². The fourth-order valence-corrected chi connectivity index (χ4v) is 6.21. The van der Waals surface area contributed by atoms with Crippen molar-refractivity contribution in [3.8, 4) is 16.9 Å². The van der Waals surface area contributed by atoms with Crippen molar-refractivity contribution in [1.29, 1.82) is 0 Å². The van der Waals surface area contributed by atoms with Crippen LogP contribution >= 0.6 is 0 Å². The molecule has 11 heteroatoms. The second-order valence-corrected chi connectivity index (χ2v) is 11.8. The first-order chi connectivity index (χ1) is 22.6. The lowest BCUT2D eigenvalue weighted by Gasteiger charge is -2.48. The van der Waals surface area contributed by atoms with Crippen LogP contribution in [0.4, 0.5) is 14.5 Å². The molecule has 9 nitrogen and oxygen atoms in total. The molecular formula is C36H35F2NO8. The number of aliphatic hydroxyl groups excluding tert-OH is 5. The van der Waals surface area contributed by atoms with E-state index in [2.05, 4.69) is 0 Å². The van der Waals surface area contributed by atoms with Gasteiger partial charge in [-0.05, 0) is 83.6 Å². The molecular weight excluding hydrogens is 612 g/mol. The van der Waals surface area contributed by atoms with E-state index < -0.39 is 61.0 Å². The van der Waals surface area contributed by atoms with Crippen molar-refractivity contribution in [1.82, 2.24) is 0 Å².